The molecular weight excluding hydrogens is 294 g/mol. The highest BCUT2D eigenvalue weighted by molar-refractivity contribution is 6.30. The molecule has 118 valence electrons. The summed E-state index contributed by atoms with van der Waals surface area (Å²) in [6, 6.07) is 16.0. The molecule has 0 aliphatic heterocycles. The third kappa shape index (κ3) is 5.36. The summed E-state index contributed by atoms with van der Waals surface area (Å²) in [6.45, 7) is 8.06. The molecule has 0 heterocycles. The first kappa shape index (κ1) is 16.9. The van der Waals surface area contributed by atoms with Crippen LogP contribution in [0.3, 0.4) is 0 Å². The van der Waals surface area contributed by atoms with Crippen LogP contribution in [0, 0.1) is 0 Å². The topological polar surface area (TPSA) is 21.3 Å². The molecule has 3 heteroatoms. The molecule has 0 spiro atoms. The first-order valence-corrected chi connectivity index (χ1v) is 8.07. The van der Waals surface area contributed by atoms with E-state index in [9.17, 15) is 0 Å². The van der Waals surface area contributed by atoms with Gasteiger partial charge in [-0.3, -0.25) is 0 Å². The van der Waals surface area contributed by atoms with Crippen molar-refractivity contribution in [1.82, 2.24) is 5.32 Å². The van der Waals surface area contributed by atoms with E-state index in [1.165, 1.54) is 5.56 Å². The van der Waals surface area contributed by atoms with Crippen molar-refractivity contribution >= 4 is 11.6 Å². The van der Waals surface area contributed by atoms with Crippen LogP contribution in [0.5, 0.6) is 5.75 Å². The number of rotatable bonds is 7. The quantitative estimate of drug-likeness (QED) is 0.758. The van der Waals surface area contributed by atoms with Crippen molar-refractivity contribution in [3.63, 3.8) is 0 Å². The third-order valence-electron chi connectivity index (χ3n) is 3.90. The van der Waals surface area contributed by atoms with Crippen LogP contribution in [0.25, 0.3) is 0 Å². The summed E-state index contributed by atoms with van der Waals surface area (Å²) in [7, 11) is 0. The van der Waals surface area contributed by atoms with Crippen molar-refractivity contribution in [2.45, 2.75) is 45.9 Å². The van der Waals surface area contributed by atoms with Crippen molar-refractivity contribution in [2.75, 3.05) is 0 Å². The summed E-state index contributed by atoms with van der Waals surface area (Å²) in [6.07, 6.45) is 1.11. The van der Waals surface area contributed by atoms with Gasteiger partial charge in [-0.15, -0.1) is 0 Å². The van der Waals surface area contributed by atoms with Crippen molar-refractivity contribution in [2.24, 2.45) is 0 Å². The highest BCUT2D eigenvalue weighted by Crippen LogP contribution is 2.16. The summed E-state index contributed by atoms with van der Waals surface area (Å²) in [5.41, 5.74) is 2.55. The minimum Gasteiger partial charge on any atom is -0.489 e. The molecule has 2 nitrogen and oxygen atoms in total. The van der Waals surface area contributed by atoms with Crippen molar-refractivity contribution in [3.8, 4) is 5.75 Å². The molecule has 2 aromatic carbocycles. The monoisotopic (exact) mass is 317 g/mol. The Balaban J connectivity index is 1.85. The second-order valence-electron chi connectivity index (χ2n) is 6.15. The predicted octanol–water partition coefficient (Wildman–Crippen LogP) is 5.20. The van der Waals surface area contributed by atoms with Gasteiger partial charge in [0.15, 0.2) is 0 Å². The molecule has 0 aliphatic rings. The fourth-order valence-electron chi connectivity index (χ4n) is 1.92. The van der Waals surface area contributed by atoms with Gasteiger partial charge in [0.05, 0.1) is 0 Å². The summed E-state index contributed by atoms with van der Waals surface area (Å²) in [5.74, 6) is 0.883. The number of benzene rings is 2. The molecule has 0 bridgehead atoms. The molecule has 0 saturated carbocycles. The van der Waals surface area contributed by atoms with Gasteiger partial charge < -0.3 is 10.1 Å². The molecule has 0 aromatic heterocycles. The highest BCUT2D eigenvalue weighted by atomic mass is 35.5. The Morgan fingerprint density at radius 2 is 1.55 bits per heavy atom. The molecule has 22 heavy (non-hydrogen) atoms. The molecule has 1 N–H and O–H groups in total. The smallest absolute Gasteiger partial charge is 0.119 e. The predicted molar refractivity (Wildman–Crippen MR) is 93.4 cm³/mol. The first-order chi connectivity index (χ1) is 10.5. The lowest BCUT2D eigenvalue weighted by Crippen LogP contribution is -2.37. The zero-order chi connectivity index (χ0) is 16.0. The van der Waals surface area contributed by atoms with Gasteiger partial charge in [0.2, 0.25) is 0 Å². The van der Waals surface area contributed by atoms with E-state index < -0.39 is 0 Å². The van der Waals surface area contributed by atoms with E-state index in [4.69, 9.17) is 16.3 Å². The second-order valence-corrected chi connectivity index (χ2v) is 6.59. The number of hydrogen-bond donors (Lipinski definition) is 1. The van der Waals surface area contributed by atoms with Crippen LogP contribution >= 0.6 is 11.6 Å². The zero-order valence-electron chi connectivity index (χ0n) is 13.5. The Morgan fingerprint density at radius 1 is 0.955 bits per heavy atom. The van der Waals surface area contributed by atoms with Gasteiger partial charge in [-0.05, 0) is 55.7 Å². The molecular formula is C19H24ClNO. The first-order valence-electron chi connectivity index (χ1n) is 7.70. The van der Waals surface area contributed by atoms with Gasteiger partial charge in [0.25, 0.3) is 0 Å². The molecule has 0 radical (unpaired) electrons. The fraction of sp³-hybridized carbons (Fsp3) is 0.368. The highest BCUT2D eigenvalue weighted by Gasteiger charge is 2.13. The summed E-state index contributed by atoms with van der Waals surface area (Å²) in [4.78, 5) is 0. The summed E-state index contributed by atoms with van der Waals surface area (Å²) < 4.78 is 5.79. The average molecular weight is 318 g/mol. The van der Waals surface area contributed by atoms with Crippen molar-refractivity contribution < 1.29 is 4.74 Å². The third-order valence-corrected chi connectivity index (χ3v) is 4.15. The van der Waals surface area contributed by atoms with Crippen LogP contribution in [0.4, 0.5) is 0 Å². The van der Waals surface area contributed by atoms with E-state index in [-0.39, 0.29) is 5.54 Å². The number of halogens is 1. The minimum absolute atomic E-state index is 0.170. The minimum atomic E-state index is 0.170. The molecule has 0 saturated heterocycles. The van der Waals surface area contributed by atoms with E-state index in [1.54, 1.807) is 0 Å². The average Bonchev–Trinajstić information content (AvgIpc) is 2.53. The van der Waals surface area contributed by atoms with E-state index in [1.807, 2.05) is 36.4 Å². The van der Waals surface area contributed by atoms with Crippen molar-refractivity contribution in [1.29, 1.82) is 0 Å². The van der Waals surface area contributed by atoms with Gasteiger partial charge in [-0.25, -0.2) is 0 Å². The Bertz CT molecular complexity index is 575. The molecule has 0 amide bonds. The van der Waals surface area contributed by atoms with Crippen LogP contribution < -0.4 is 10.1 Å². The van der Waals surface area contributed by atoms with Crippen LogP contribution in [-0.2, 0) is 13.2 Å². The van der Waals surface area contributed by atoms with E-state index >= 15 is 0 Å². The maximum Gasteiger partial charge on any atom is 0.119 e. The van der Waals surface area contributed by atoms with E-state index in [0.717, 1.165) is 29.3 Å². The molecule has 0 aliphatic carbocycles. The Labute approximate surface area is 138 Å². The SMILES string of the molecule is CCC(C)(C)NCc1ccc(OCc2ccc(Cl)cc2)cc1. The zero-order valence-corrected chi connectivity index (χ0v) is 14.3. The molecule has 0 atom stereocenters. The van der Waals surface area contributed by atoms with Gasteiger partial charge >= 0.3 is 0 Å². The molecule has 0 unspecified atom stereocenters. The number of nitrogens with one attached hydrogen (secondary N) is 1. The number of ether oxygens (including phenoxy) is 1. The maximum atomic E-state index is 5.87. The van der Waals surface area contributed by atoms with Gasteiger partial charge in [0.1, 0.15) is 12.4 Å². The lowest BCUT2D eigenvalue weighted by molar-refractivity contribution is 0.306. The largest absolute Gasteiger partial charge is 0.489 e. The van der Waals surface area contributed by atoms with Crippen molar-refractivity contribution in [3.05, 3.63) is 64.7 Å². The van der Waals surface area contributed by atoms with Crippen LogP contribution in [0.15, 0.2) is 48.5 Å². The lowest BCUT2D eigenvalue weighted by atomic mass is 10.0. The standard InChI is InChI=1S/C19H24ClNO/c1-4-19(2,3)21-13-15-7-11-18(12-8-15)22-14-16-5-9-17(20)10-6-16/h5-12,21H,4,13-14H2,1-3H3. The second kappa shape index (κ2) is 7.66. The van der Waals surface area contributed by atoms with Crippen LogP contribution in [0.2, 0.25) is 5.02 Å². The van der Waals surface area contributed by atoms with E-state index in [0.29, 0.717) is 6.61 Å². The maximum absolute atomic E-state index is 5.87. The Morgan fingerprint density at radius 3 is 2.14 bits per heavy atom. The van der Waals surface area contributed by atoms with E-state index in [2.05, 4.69) is 38.2 Å². The van der Waals surface area contributed by atoms with Gasteiger partial charge in [-0.2, -0.15) is 0 Å². The molecule has 2 aromatic rings. The lowest BCUT2D eigenvalue weighted by Gasteiger charge is -2.24. The Kier molecular flexibility index (Phi) is 5.87. The summed E-state index contributed by atoms with van der Waals surface area (Å²) >= 11 is 5.87. The van der Waals surface area contributed by atoms with Crippen LogP contribution in [0.1, 0.15) is 38.3 Å². The fourth-order valence-corrected chi connectivity index (χ4v) is 2.04. The Hall–Kier alpha value is -1.51. The number of hydrogen-bond acceptors (Lipinski definition) is 2. The van der Waals surface area contributed by atoms with Crippen LogP contribution in [-0.4, -0.2) is 5.54 Å². The van der Waals surface area contributed by atoms with Gasteiger partial charge in [0, 0.05) is 17.1 Å². The molecule has 0 fully saturated rings. The normalized spacial score (nSPS) is 11.5. The molecule has 2 rings (SSSR count). The summed E-state index contributed by atoms with van der Waals surface area (Å²) in [5, 5.41) is 4.30. The van der Waals surface area contributed by atoms with Gasteiger partial charge in [-0.1, -0.05) is 42.8 Å².